The Balaban J connectivity index is 2.32. The molecule has 4 atom stereocenters. The standard InChI is InChI=1S/C14H24O2/c1-9(2)11-4-5-14(3)10(7-15)6-12(11)13(14)8-16/h6,9,11-13,15-16H,4-5,7-8H2,1-3H3/t11-,12+,13+,14+/m0/s1. The lowest BCUT2D eigenvalue weighted by atomic mass is 9.60. The quantitative estimate of drug-likeness (QED) is 0.722. The molecule has 0 saturated heterocycles. The molecule has 0 unspecified atom stereocenters. The van der Waals surface area contributed by atoms with Gasteiger partial charge in [0.1, 0.15) is 0 Å². The fraction of sp³-hybridized carbons (Fsp3) is 0.857. The minimum atomic E-state index is 0.0551. The smallest absolute Gasteiger partial charge is 0.0647 e. The molecule has 0 amide bonds. The van der Waals surface area contributed by atoms with Gasteiger partial charge in [-0.25, -0.2) is 0 Å². The van der Waals surface area contributed by atoms with Crippen LogP contribution >= 0.6 is 0 Å². The Morgan fingerprint density at radius 2 is 2.12 bits per heavy atom. The van der Waals surface area contributed by atoms with Crippen molar-refractivity contribution in [3.05, 3.63) is 11.6 Å². The van der Waals surface area contributed by atoms with Gasteiger partial charge in [0, 0.05) is 6.61 Å². The number of hydrogen-bond donors (Lipinski definition) is 2. The third kappa shape index (κ3) is 1.54. The van der Waals surface area contributed by atoms with Crippen molar-refractivity contribution < 1.29 is 10.2 Å². The molecule has 0 aliphatic heterocycles. The number of fused-ring (bicyclic) bond motifs is 2. The van der Waals surface area contributed by atoms with Crippen molar-refractivity contribution in [3.8, 4) is 0 Å². The van der Waals surface area contributed by atoms with Crippen LogP contribution in [0.3, 0.4) is 0 Å². The average Bonchev–Trinajstić information content (AvgIpc) is 2.42. The summed E-state index contributed by atoms with van der Waals surface area (Å²) in [6.45, 7) is 7.17. The zero-order chi connectivity index (χ0) is 11.9. The highest BCUT2D eigenvalue weighted by molar-refractivity contribution is 5.28. The molecule has 2 aliphatic rings. The third-order valence-corrected chi connectivity index (χ3v) is 5.12. The molecule has 2 nitrogen and oxygen atoms in total. The van der Waals surface area contributed by atoms with Crippen LogP contribution in [0.25, 0.3) is 0 Å². The summed E-state index contributed by atoms with van der Waals surface area (Å²) in [5, 5.41) is 19.1. The van der Waals surface area contributed by atoms with Crippen molar-refractivity contribution in [2.24, 2.45) is 29.1 Å². The van der Waals surface area contributed by atoms with Crippen LogP contribution in [0.4, 0.5) is 0 Å². The van der Waals surface area contributed by atoms with Crippen LogP contribution in [0.5, 0.6) is 0 Å². The SMILES string of the molecule is CC(C)[C@@H]1CC[C@]2(C)C(CO)=C[C@H]1[C@H]2CO. The highest BCUT2D eigenvalue weighted by atomic mass is 16.3. The van der Waals surface area contributed by atoms with Gasteiger partial charge < -0.3 is 10.2 Å². The minimum Gasteiger partial charge on any atom is -0.396 e. The number of hydrogen-bond acceptors (Lipinski definition) is 2. The van der Waals surface area contributed by atoms with Crippen molar-refractivity contribution in [1.82, 2.24) is 0 Å². The van der Waals surface area contributed by atoms with E-state index in [-0.39, 0.29) is 18.6 Å². The molecule has 2 aliphatic carbocycles. The first-order chi connectivity index (χ1) is 7.54. The van der Waals surface area contributed by atoms with Gasteiger partial charge in [-0.3, -0.25) is 0 Å². The summed E-state index contributed by atoms with van der Waals surface area (Å²) in [7, 11) is 0. The lowest BCUT2D eigenvalue weighted by Gasteiger charge is -2.45. The maximum absolute atomic E-state index is 9.63. The van der Waals surface area contributed by atoms with Crippen molar-refractivity contribution >= 4 is 0 Å². The highest BCUT2D eigenvalue weighted by Gasteiger charge is 2.51. The Hall–Kier alpha value is -0.340. The predicted molar refractivity (Wildman–Crippen MR) is 64.9 cm³/mol. The first kappa shape index (κ1) is 12.1. The Bertz CT molecular complexity index is 295. The van der Waals surface area contributed by atoms with Gasteiger partial charge in [0.25, 0.3) is 0 Å². The van der Waals surface area contributed by atoms with E-state index in [1.165, 1.54) is 12.0 Å². The van der Waals surface area contributed by atoms with E-state index in [4.69, 9.17) is 0 Å². The Kier molecular flexibility index (Phi) is 3.15. The van der Waals surface area contributed by atoms with Crippen molar-refractivity contribution in [1.29, 1.82) is 0 Å². The number of aliphatic hydroxyl groups is 2. The van der Waals surface area contributed by atoms with Gasteiger partial charge in [-0.2, -0.15) is 0 Å². The molecule has 0 heterocycles. The molecule has 0 aromatic rings. The van der Waals surface area contributed by atoms with Crippen LogP contribution < -0.4 is 0 Å². The van der Waals surface area contributed by atoms with E-state index in [1.54, 1.807) is 0 Å². The van der Waals surface area contributed by atoms with E-state index >= 15 is 0 Å². The monoisotopic (exact) mass is 224 g/mol. The second-order valence-corrected chi connectivity index (χ2v) is 6.08. The summed E-state index contributed by atoms with van der Waals surface area (Å²) in [5.74, 6) is 2.15. The average molecular weight is 224 g/mol. The van der Waals surface area contributed by atoms with Crippen molar-refractivity contribution in [2.45, 2.75) is 33.6 Å². The number of allylic oxidation sites excluding steroid dienone is 1. The van der Waals surface area contributed by atoms with Crippen molar-refractivity contribution in [3.63, 3.8) is 0 Å². The molecule has 2 N–H and O–H groups in total. The molecule has 0 spiro atoms. The fourth-order valence-corrected chi connectivity index (χ4v) is 3.96. The van der Waals surface area contributed by atoms with E-state index in [9.17, 15) is 10.2 Å². The van der Waals surface area contributed by atoms with E-state index in [0.29, 0.717) is 23.7 Å². The summed E-state index contributed by atoms with van der Waals surface area (Å²) in [6.07, 6.45) is 4.61. The lowest BCUT2D eigenvalue weighted by molar-refractivity contribution is 0.0236. The summed E-state index contributed by atoms with van der Waals surface area (Å²) in [5.41, 5.74) is 1.22. The topological polar surface area (TPSA) is 40.5 Å². The number of rotatable bonds is 3. The number of aliphatic hydroxyl groups excluding tert-OH is 2. The largest absolute Gasteiger partial charge is 0.396 e. The second-order valence-electron chi connectivity index (χ2n) is 6.08. The molecule has 1 saturated carbocycles. The molecule has 2 rings (SSSR count). The molecule has 2 heteroatoms. The van der Waals surface area contributed by atoms with Gasteiger partial charge >= 0.3 is 0 Å². The van der Waals surface area contributed by atoms with Gasteiger partial charge in [0.2, 0.25) is 0 Å². The van der Waals surface area contributed by atoms with Crippen LogP contribution in [0, 0.1) is 29.1 Å². The molecular formula is C14H24O2. The van der Waals surface area contributed by atoms with E-state index in [2.05, 4.69) is 26.8 Å². The maximum Gasteiger partial charge on any atom is 0.0647 e. The molecule has 92 valence electrons. The molecule has 2 bridgehead atoms. The van der Waals surface area contributed by atoms with Gasteiger partial charge in [-0.05, 0) is 47.5 Å². The summed E-state index contributed by atoms with van der Waals surface area (Å²) in [4.78, 5) is 0. The molecule has 0 aromatic carbocycles. The van der Waals surface area contributed by atoms with Crippen LogP contribution in [0.1, 0.15) is 33.6 Å². The van der Waals surface area contributed by atoms with Crippen LogP contribution in [0.2, 0.25) is 0 Å². The van der Waals surface area contributed by atoms with Crippen LogP contribution in [-0.4, -0.2) is 23.4 Å². The first-order valence-corrected chi connectivity index (χ1v) is 6.47. The first-order valence-electron chi connectivity index (χ1n) is 6.47. The third-order valence-electron chi connectivity index (χ3n) is 5.12. The molecular weight excluding hydrogens is 200 g/mol. The zero-order valence-corrected chi connectivity index (χ0v) is 10.6. The van der Waals surface area contributed by atoms with Gasteiger partial charge in [-0.1, -0.05) is 26.8 Å². The van der Waals surface area contributed by atoms with E-state index in [1.807, 2.05) is 0 Å². The van der Waals surface area contributed by atoms with Gasteiger partial charge in [0.05, 0.1) is 6.61 Å². The summed E-state index contributed by atoms with van der Waals surface area (Å²) in [6, 6.07) is 0. The molecule has 0 aromatic heterocycles. The Morgan fingerprint density at radius 1 is 1.44 bits per heavy atom. The van der Waals surface area contributed by atoms with E-state index < -0.39 is 0 Å². The highest BCUT2D eigenvalue weighted by Crippen LogP contribution is 2.57. The Morgan fingerprint density at radius 3 is 2.62 bits per heavy atom. The normalized spacial score (nSPS) is 42.6. The second kappa shape index (κ2) is 4.15. The fourth-order valence-electron chi connectivity index (χ4n) is 3.96. The predicted octanol–water partition coefficient (Wildman–Crippen LogP) is 2.22. The maximum atomic E-state index is 9.63. The Labute approximate surface area is 98.4 Å². The lowest BCUT2D eigenvalue weighted by Crippen LogP contribution is -2.40. The minimum absolute atomic E-state index is 0.0551. The summed E-state index contributed by atoms with van der Waals surface area (Å²) < 4.78 is 0. The van der Waals surface area contributed by atoms with Crippen molar-refractivity contribution in [2.75, 3.05) is 13.2 Å². The molecule has 1 fully saturated rings. The summed E-state index contributed by atoms with van der Waals surface area (Å²) >= 11 is 0. The zero-order valence-electron chi connectivity index (χ0n) is 10.6. The molecule has 0 radical (unpaired) electrons. The van der Waals surface area contributed by atoms with E-state index in [0.717, 1.165) is 6.42 Å². The van der Waals surface area contributed by atoms with Crippen LogP contribution in [-0.2, 0) is 0 Å². The van der Waals surface area contributed by atoms with Gasteiger partial charge in [0.15, 0.2) is 0 Å². The van der Waals surface area contributed by atoms with Gasteiger partial charge in [-0.15, -0.1) is 0 Å². The van der Waals surface area contributed by atoms with Crippen LogP contribution in [0.15, 0.2) is 11.6 Å². The molecule has 16 heavy (non-hydrogen) atoms.